The van der Waals surface area contributed by atoms with Gasteiger partial charge in [-0.15, -0.1) is 0 Å². The summed E-state index contributed by atoms with van der Waals surface area (Å²) in [6.07, 6.45) is 0.0875. The molecule has 5 nitrogen and oxygen atoms in total. The van der Waals surface area contributed by atoms with Gasteiger partial charge in [-0.3, -0.25) is 9.59 Å². The minimum Gasteiger partial charge on any atom is -0.303 e. The number of fused-ring (bicyclic) bond motifs is 1. The number of rotatable bonds is 4. The van der Waals surface area contributed by atoms with Crippen LogP contribution >= 0.6 is 22.7 Å². The molecule has 1 amide bonds. The van der Waals surface area contributed by atoms with E-state index in [2.05, 4.69) is 10.3 Å². The zero-order valence-corrected chi connectivity index (χ0v) is 13.6. The van der Waals surface area contributed by atoms with Gasteiger partial charge in [-0.05, 0) is 13.0 Å². The Morgan fingerprint density at radius 2 is 2.17 bits per heavy atom. The molecule has 3 aromatic rings. The molecule has 1 aromatic carbocycles. The predicted octanol–water partition coefficient (Wildman–Crippen LogP) is 3.13. The van der Waals surface area contributed by atoms with Gasteiger partial charge in [0.15, 0.2) is 10.9 Å². The van der Waals surface area contributed by atoms with E-state index in [0.29, 0.717) is 4.70 Å². The van der Waals surface area contributed by atoms with Crippen LogP contribution in [-0.4, -0.2) is 15.5 Å². The van der Waals surface area contributed by atoms with Gasteiger partial charge in [-0.1, -0.05) is 22.7 Å². The van der Waals surface area contributed by atoms with Crippen LogP contribution in [0, 0.1) is 18.6 Å². The number of amides is 1. The first kappa shape index (κ1) is 15.8. The molecule has 0 spiro atoms. The lowest BCUT2D eigenvalue weighted by atomic mass is 10.3. The van der Waals surface area contributed by atoms with Crippen LogP contribution in [0.2, 0.25) is 0 Å². The van der Waals surface area contributed by atoms with E-state index >= 15 is 0 Å². The molecule has 0 saturated carbocycles. The van der Waals surface area contributed by atoms with Crippen LogP contribution in [0.3, 0.4) is 0 Å². The zero-order valence-electron chi connectivity index (χ0n) is 11.9. The van der Waals surface area contributed by atoms with Crippen LogP contribution in [0.5, 0.6) is 0 Å². The maximum Gasteiger partial charge on any atom is 0.307 e. The van der Waals surface area contributed by atoms with Crippen LogP contribution in [0.25, 0.3) is 10.2 Å². The molecule has 0 aliphatic heterocycles. The van der Waals surface area contributed by atoms with Crippen LogP contribution in [0.4, 0.5) is 13.9 Å². The fourth-order valence-corrected chi connectivity index (χ4v) is 3.76. The van der Waals surface area contributed by atoms with Gasteiger partial charge in [-0.25, -0.2) is 13.8 Å². The normalized spacial score (nSPS) is 11.1. The highest BCUT2D eigenvalue weighted by Gasteiger charge is 2.13. The summed E-state index contributed by atoms with van der Waals surface area (Å²) in [7, 11) is 0. The summed E-state index contributed by atoms with van der Waals surface area (Å²) in [5.74, 6) is -1.80. The number of aryl methyl sites for hydroxylation is 1. The number of halogens is 2. The van der Waals surface area contributed by atoms with Crippen molar-refractivity contribution < 1.29 is 13.6 Å². The molecule has 9 heteroatoms. The molecule has 2 heterocycles. The smallest absolute Gasteiger partial charge is 0.303 e. The highest BCUT2D eigenvalue weighted by atomic mass is 32.1. The van der Waals surface area contributed by atoms with Crippen molar-refractivity contribution in [2.75, 3.05) is 5.32 Å². The molecule has 3 rings (SSSR count). The number of anilines is 1. The Bertz CT molecular complexity index is 945. The number of hydrogen-bond donors (Lipinski definition) is 1. The highest BCUT2D eigenvalue weighted by molar-refractivity contribution is 7.22. The third-order valence-electron chi connectivity index (χ3n) is 3.20. The van der Waals surface area contributed by atoms with Gasteiger partial charge >= 0.3 is 4.87 Å². The average molecular weight is 355 g/mol. The van der Waals surface area contributed by atoms with Crippen molar-refractivity contribution in [3.8, 4) is 0 Å². The van der Waals surface area contributed by atoms with E-state index in [-0.39, 0.29) is 34.4 Å². The van der Waals surface area contributed by atoms with Gasteiger partial charge in [0, 0.05) is 30.1 Å². The number of benzene rings is 1. The Morgan fingerprint density at radius 3 is 2.87 bits per heavy atom. The topological polar surface area (TPSA) is 64.0 Å². The summed E-state index contributed by atoms with van der Waals surface area (Å²) >= 11 is 2.07. The minimum atomic E-state index is -0.766. The standard InChI is InChI=1S/C14H11F2N3O2S2/c1-7-6-22-14(21)19(7)3-2-11(20)17-13-18-12-9(16)4-8(15)5-10(12)23-13/h4-6H,2-3H2,1H3,(H,17,18,20). The lowest BCUT2D eigenvalue weighted by Crippen LogP contribution is -2.20. The number of hydrogen-bond acceptors (Lipinski definition) is 5. The number of nitrogens with zero attached hydrogens (tertiary/aromatic N) is 2. The summed E-state index contributed by atoms with van der Waals surface area (Å²) in [4.78, 5) is 27.3. The molecule has 1 N–H and O–H groups in total. The Morgan fingerprint density at radius 1 is 1.39 bits per heavy atom. The Hall–Kier alpha value is -2.13. The predicted molar refractivity (Wildman–Crippen MR) is 86.1 cm³/mol. The summed E-state index contributed by atoms with van der Waals surface area (Å²) in [6.45, 7) is 2.05. The van der Waals surface area contributed by atoms with Crippen molar-refractivity contribution in [1.29, 1.82) is 0 Å². The molecule has 0 fully saturated rings. The molecule has 0 radical (unpaired) electrons. The van der Waals surface area contributed by atoms with Crippen LogP contribution in [-0.2, 0) is 11.3 Å². The molecule has 120 valence electrons. The maximum absolute atomic E-state index is 13.6. The highest BCUT2D eigenvalue weighted by Crippen LogP contribution is 2.28. The fourth-order valence-electron chi connectivity index (χ4n) is 2.08. The van der Waals surface area contributed by atoms with Gasteiger partial charge in [0.1, 0.15) is 11.3 Å². The maximum atomic E-state index is 13.6. The van der Waals surface area contributed by atoms with Gasteiger partial charge < -0.3 is 9.88 Å². The van der Waals surface area contributed by atoms with Gasteiger partial charge in [-0.2, -0.15) is 0 Å². The Kier molecular flexibility index (Phi) is 4.22. The number of carbonyl (C=O) groups excluding carboxylic acids is 1. The Balaban J connectivity index is 1.71. The molecule has 0 atom stereocenters. The van der Waals surface area contributed by atoms with Crippen molar-refractivity contribution in [3.63, 3.8) is 0 Å². The van der Waals surface area contributed by atoms with E-state index in [1.165, 1.54) is 10.6 Å². The second-order valence-corrected chi connectivity index (χ2v) is 6.70. The van der Waals surface area contributed by atoms with Gasteiger partial charge in [0.25, 0.3) is 0 Å². The molecule has 0 aliphatic rings. The van der Waals surface area contributed by atoms with Crippen LogP contribution in [0.15, 0.2) is 22.3 Å². The van der Waals surface area contributed by atoms with Crippen LogP contribution in [0.1, 0.15) is 12.1 Å². The molecule has 23 heavy (non-hydrogen) atoms. The third kappa shape index (κ3) is 3.30. The molecular formula is C14H11F2N3O2S2. The fraction of sp³-hybridized carbons (Fsp3) is 0.214. The first-order valence-corrected chi connectivity index (χ1v) is 8.34. The Labute approximate surface area is 137 Å². The van der Waals surface area contributed by atoms with Crippen molar-refractivity contribution in [2.45, 2.75) is 19.9 Å². The molecule has 2 aromatic heterocycles. The van der Waals surface area contributed by atoms with E-state index < -0.39 is 11.6 Å². The summed E-state index contributed by atoms with van der Waals surface area (Å²) in [6, 6.07) is 1.92. The average Bonchev–Trinajstić information content (AvgIpc) is 3.01. The second kappa shape index (κ2) is 6.17. The van der Waals surface area contributed by atoms with Crippen molar-refractivity contribution in [2.24, 2.45) is 0 Å². The molecule has 0 saturated heterocycles. The van der Waals surface area contributed by atoms with Gasteiger partial charge in [0.2, 0.25) is 5.91 Å². The summed E-state index contributed by atoms with van der Waals surface area (Å²) < 4.78 is 28.6. The molecule has 0 bridgehead atoms. The number of carbonyl (C=O) groups is 1. The molecular weight excluding hydrogens is 344 g/mol. The number of nitrogens with one attached hydrogen (secondary N) is 1. The number of aromatic nitrogens is 2. The van der Waals surface area contributed by atoms with Crippen LogP contribution < -0.4 is 10.2 Å². The summed E-state index contributed by atoms with van der Waals surface area (Å²) in [5, 5.41) is 4.47. The largest absolute Gasteiger partial charge is 0.307 e. The quantitative estimate of drug-likeness (QED) is 0.782. The first-order chi connectivity index (χ1) is 10.9. The first-order valence-electron chi connectivity index (χ1n) is 6.64. The van der Waals surface area contributed by atoms with E-state index in [0.717, 1.165) is 34.4 Å². The zero-order chi connectivity index (χ0) is 16.6. The molecule has 0 unspecified atom stereocenters. The minimum absolute atomic E-state index is 0.0246. The third-order valence-corrected chi connectivity index (χ3v) is 5.00. The van der Waals surface area contributed by atoms with Gasteiger partial charge in [0.05, 0.1) is 4.70 Å². The monoisotopic (exact) mass is 355 g/mol. The SMILES string of the molecule is Cc1csc(=O)n1CCC(=O)Nc1nc2c(F)cc(F)cc2s1. The van der Waals surface area contributed by atoms with Crippen molar-refractivity contribution in [1.82, 2.24) is 9.55 Å². The summed E-state index contributed by atoms with van der Waals surface area (Å²) in [5.41, 5.74) is 0.821. The molecule has 0 aliphatic carbocycles. The van der Waals surface area contributed by atoms with E-state index in [4.69, 9.17) is 0 Å². The number of thiazole rings is 2. The van der Waals surface area contributed by atoms with E-state index in [9.17, 15) is 18.4 Å². The van der Waals surface area contributed by atoms with E-state index in [1.807, 2.05) is 0 Å². The van der Waals surface area contributed by atoms with Crippen molar-refractivity contribution >= 4 is 43.9 Å². The van der Waals surface area contributed by atoms with E-state index in [1.54, 1.807) is 12.3 Å². The lowest BCUT2D eigenvalue weighted by Gasteiger charge is -2.04. The van der Waals surface area contributed by atoms with Crippen molar-refractivity contribution in [3.05, 3.63) is 44.5 Å². The second-order valence-electron chi connectivity index (χ2n) is 4.85. The lowest BCUT2D eigenvalue weighted by molar-refractivity contribution is -0.116.